The van der Waals surface area contributed by atoms with Gasteiger partial charge >= 0.3 is 12.0 Å². The highest BCUT2D eigenvalue weighted by molar-refractivity contribution is 7.99. The fourth-order valence-corrected chi connectivity index (χ4v) is 3.11. The second kappa shape index (κ2) is 9.89. The number of amides is 2. The molecule has 1 saturated heterocycles. The lowest BCUT2D eigenvalue weighted by Crippen LogP contribution is -2.45. The maximum absolute atomic E-state index is 12.2. The molecule has 21 heavy (non-hydrogen) atoms. The van der Waals surface area contributed by atoms with Gasteiger partial charge in [0.25, 0.3) is 0 Å². The largest absolute Gasteiger partial charge is 0.480 e. The number of hydrogen-bond donors (Lipinski definition) is 2. The third-order valence-corrected chi connectivity index (χ3v) is 4.44. The summed E-state index contributed by atoms with van der Waals surface area (Å²) >= 11 is 1.88. The van der Waals surface area contributed by atoms with E-state index >= 15 is 0 Å². The number of aliphatic carboxylic acids is 1. The summed E-state index contributed by atoms with van der Waals surface area (Å²) in [7, 11) is 0. The van der Waals surface area contributed by atoms with Crippen LogP contribution in [-0.4, -0.2) is 77.2 Å². The Hall–Kier alpha value is -0.950. The molecule has 0 spiro atoms. The van der Waals surface area contributed by atoms with E-state index in [1.807, 2.05) is 23.6 Å². The summed E-state index contributed by atoms with van der Waals surface area (Å²) in [6.07, 6.45) is 1.80. The van der Waals surface area contributed by atoms with Gasteiger partial charge in [-0.05, 0) is 31.3 Å². The number of carbonyl (C=O) groups is 2. The van der Waals surface area contributed by atoms with Crippen LogP contribution in [0.1, 0.15) is 26.7 Å². The first kappa shape index (κ1) is 18.1. The number of carboxylic acids is 1. The van der Waals surface area contributed by atoms with Gasteiger partial charge in [0.1, 0.15) is 0 Å². The molecule has 1 heterocycles. The van der Waals surface area contributed by atoms with Crippen LogP contribution in [-0.2, 0) is 4.79 Å². The van der Waals surface area contributed by atoms with E-state index in [-0.39, 0.29) is 18.6 Å². The SMILES string of the molecule is CCSCCC(C)NC(=O)N1CCCN(CC(=O)O)CC1. The van der Waals surface area contributed by atoms with E-state index < -0.39 is 5.97 Å². The van der Waals surface area contributed by atoms with Crippen molar-refractivity contribution in [2.45, 2.75) is 32.7 Å². The average molecular weight is 317 g/mol. The Labute approximate surface area is 131 Å². The van der Waals surface area contributed by atoms with Crippen molar-refractivity contribution in [1.29, 1.82) is 0 Å². The van der Waals surface area contributed by atoms with Crippen molar-refractivity contribution in [2.24, 2.45) is 0 Å². The lowest BCUT2D eigenvalue weighted by molar-refractivity contribution is -0.138. The van der Waals surface area contributed by atoms with Crippen molar-refractivity contribution < 1.29 is 14.7 Å². The van der Waals surface area contributed by atoms with Gasteiger partial charge < -0.3 is 15.3 Å². The van der Waals surface area contributed by atoms with Gasteiger partial charge in [0, 0.05) is 32.2 Å². The van der Waals surface area contributed by atoms with Gasteiger partial charge in [-0.2, -0.15) is 11.8 Å². The van der Waals surface area contributed by atoms with Crippen LogP contribution in [0.15, 0.2) is 0 Å². The molecule has 0 saturated carbocycles. The fourth-order valence-electron chi connectivity index (χ4n) is 2.30. The Morgan fingerprint density at radius 2 is 2.05 bits per heavy atom. The summed E-state index contributed by atoms with van der Waals surface area (Å²) in [5.41, 5.74) is 0. The zero-order valence-corrected chi connectivity index (χ0v) is 13.8. The molecule has 122 valence electrons. The topological polar surface area (TPSA) is 72.9 Å². The molecule has 0 bridgehead atoms. The molecule has 0 aliphatic carbocycles. The molecule has 1 unspecified atom stereocenters. The number of rotatable bonds is 7. The van der Waals surface area contributed by atoms with Gasteiger partial charge in [-0.1, -0.05) is 6.92 Å². The van der Waals surface area contributed by atoms with Crippen molar-refractivity contribution in [3.8, 4) is 0 Å². The maximum Gasteiger partial charge on any atom is 0.317 e. The van der Waals surface area contributed by atoms with Crippen molar-refractivity contribution in [1.82, 2.24) is 15.1 Å². The monoisotopic (exact) mass is 317 g/mol. The minimum Gasteiger partial charge on any atom is -0.480 e. The maximum atomic E-state index is 12.2. The molecule has 1 fully saturated rings. The average Bonchev–Trinajstić information content (AvgIpc) is 2.64. The van der Waals surface area contributed by atoms with Crippen molar-refractivity contribution in [2.75, 3.05) is 44.2 Å². The Balaban J connectivity index is 2.32. The summed E-state index contributed by atoms with van der Waals surface area (Å²) in [4.78, 5) is 26.6. The Kier molecular flexibility index (Phi) is 8.52. The first-order chi connectivity index (χ1) is 10.0. The van der Waals surface area contributed by atoms with E-state index in [1.54, 1.807) is 4.90 Å². The molecule has 1 rings (SSSR count). The normalized spacial score (nSPS) is 18.1. The van der Waals surface area contributed by atoms with Crippen LogP contribution in [0.2, 0.25) is 0 Å². The van der Waals surface area contributed by atoms with Crippen LogP contribution >= 0.6 is 11.8 Å². The van der Waals surface area contributed by atoms with Crippen LogP contribution in [0.4, 0.5) is 4.79 Å². The minimum atomic E-state index is -0.810. The van der Waals surface area contributed by atoms with Gasteiger partial charge in [-0.25, -0.2) is 4.79 Å². The second-order valence-electron chi connectivity index (χ2n) is 5.35. The molecular weight excluding hydrogens is 290 g/mol. The summed E-state index contributed by atoms with van der Waals surface area (Å²) in [5, 5.41) is 11.8. The van der Waals surface area contributed by atoms with Crippen LogP contribution in [0.25, 0.3) is 0 Å². The first-order valence-electron chi connectivity index (χ1n) is 7.60. The van der Waals surface area contributed by atoms with E-state index in [1.165, 1.54) is 0 Å². The third kappa shape index (κ3) is 7.57. The predicted molar refractivity (Wildman–Crippen MR) is 85.9 cm³/mol. The predicted octanol–water partition coefficient (Wildman–Crippen LogP) is 1.32. The Bertz CT molecular complexity index is 341. The summed E-state index contributed by atoms with van der Waals surface area (Å²) in [6, 6.07) is 0.149. The summed E-state index contributed by atoms with van der Waals surface area (Å²) < 4.78 is 0. The number of nitrogens with zero attached hydrogens (tertiary/aromatic N) is 2. The number of carboxylic acid groups (broad SMARTS) is 1. The van der Waals surface area contributed by atoms with Gasteiger partial charge in [0.2, 0.25) is 0 Å². The smallest absolute Gasteiger partial charge is 0.317 e. The third-order valence-electron chi connectivity index (χ3n) is 3.50. The van der Waals surface area contributed by atoms with Gasteiger partial charge in [0.05, 0.1) is 6.54 Å². The van der Waals surface area contributed by atoms with E-state index in [0.717, 1.165) is 30.9 Å². The molecule has 0 radical (unpaired) electrons. The van der Waals surface area contributed by atoms with E-state index in [0.29, 0.717) is 19.6 Å². The first-order valence-corrected chi connectivity index (χ1v) is 8.75. The van der Waals surface area contributed by atoms with Crippen LogP contribution in [0, 0.1) is 0 Å². The number of nitrogens with one attached hydrogen (secondary N) is 1. The van der Waals surface area contributed by atoms with Crippen LogP contribution < -0.4 is 5.32 Å². The molecule has 7 heteroatoms. The molecule has 0 aromatic rings. The lowest BCUT2D eigenvalue weighted by atomic mass is 10.2. The van der Waals surface area contributed by atoms with E-state index in [2.05, 4.69) is 12.2 Å². The van der Waals surface area contributed by atoms with Crippen molar-refractivity contribution in [3.63, 3.8) is 0 Å². The Morgan fingerprint density at radius 1 is 1.29 bits per heavy atom. The van der Waals surface area contributed by atoms with E-state index in [9.17, 15) is 9.59 Å². The summed E-state index contributed by atoms with van der Waals surface area (Å²) in [5.74, 6) is 1.35. The molecule has 2 N–H and O–H groups in total. The zero-order valence-electron chi connectivity index (χ0n) is 13.0. The van der Waals surface area contributed by atoms with Crippen molar-refractivity contribution >= 4 is 23.8 Å². The molecule has 6 nitrogen and oxygen atoms in total. The Morgan fingerprint density at radius 3 is 2.71 bits per heavy atom. The highest BCUT2D eigenvalue weighted by atomic mass is 32.2. The van der Waals surface area contributed by atoms with Crippen molar-refractivity contribution in [3.05, 3.63) is 0 Å². The van der Waals surface area contributed by atoms with E-state index in [4.69, 9.17) is 5.11 Å². The second-order valence-corrected chi connectivity index (χ2v) is 6.74. The van der Waals surface area contributed by atoms with Gasteiger partial charge in [-0.3, -0.25) is 9.69 Å². The fraction of sp³-hybridized carbons (Fsp3) is 0.857. The standard InChI is InChI=1S/C14H27N3O3S/c1-3-21-10-5-12(2)15-14(20)17-7-4-6-16(8-9-17)11-13(18)19/h12H,3-11H2,1-2H3,(H,15,20)(H,18,19). The van der Waals surface area contributed by atoms with Crippen LogP contribution in [0.3, 0.4) is 0 Å². The molecule has 1 atom stereocenters. The molecule has 2 amide bonds. The lowest BCUT2D eigenvalue weighted by Gasteiger charge is -2.24. The quantitative estimate of drug-likeness (QED) is 0.693. The molecular formula is C14H27N3O3S. The molecule has 0 aromatic heterocycles. The minimum absolute atomic E-state index is 0.0267. The zero-order chi connectivity index (χ0) is 15.7. The van der Waals surface area contributed by atoms with Gasteiger partial charge in [0.15, 0.2) is 0 Å². The van der Waals surface area contributed by atoms with Crippen LogP contribution in [0.5, 0.6) is 0 Å². The highest BCUT2D eigenvalue weighted by Gasteiger charge is 2.21. The molecule has 1 aliphatic rings. The number of hydrogen-bond acceptors (Lipinski definition) is 4. The molecule has 1 aliphatic heterocycles. The number of carbonyl (C=O) groups excluding carboxylic acids is 1. The van der Waals surface area contributed by atoms with Gasteiger partial charge in [-0.15, -0.1) is 0 Å². The number of thioether (sulfide) groups is 1. The number of urea groups is 1. The highest BCUT2D eigenvalue weighted by Crippen LogP contribution is 2.06. The summed E-state index contributed by atoms with van der Waals surface area (Å²) in [6.45, 7) is 6.86. The molecule has 0 aromatic carbocycles.